The van der Waals surface area contributed by atoms with Crippen LogP contribution in [0.5, 0.6) is 11.5 Å². The number of hydrogen-bond acceptors (Lipinski definition) is 5. The molecule has 244 valence electrons. The summed E-state index contributed by atoms with van der Waals surface area (Å²) in [4.78, 5) is 13.0. The van der Waals surface area contributed by atoms with Crippen molar-refractivity contribution >= 4 is 12.0 Å². The summed E-state index contributed by atoms with van der Waals surface area (Å²) in [6.07, 6.45) is 16.0. The number of benzene rings is 1. The second-order valence-corrected chi connectivity index (χ2v) is 16.9. The number of carbonyl (C=O) groups excluding carboxylic acids is 1. The van der Waals surface area contributed by atoms with E-state index >= 15 is 0 Å². The summed E-state index contributed by atoms with van der Waals surface area (Å²) in [7, 11) is 0. The first-order chi connectivity index (χ1) is 20.5. The Morgan fingerprint density at radius 3 is 2.32 bits per heavy atom. The monoisotopic (exact) mass is 606 g/mol. The van der Waals surface area contributed by atoms with Crippen LogP contribution in [0.1, 0.15) is 125 Å². The van der Waals surface area contributed by atoms with Crippen molar-refractivity contribution in [2.45, 2.75) is 131 Å². The molecule has 4 aliphatic carbocycles. The number of esters is 1. The van der Waals surface area contributed by atoms with Gasteiger partial charge in [-0.3, -0.25) is 0 Å². The molecule has 5 rings (SSSR count). The first-order valence-electron chi connectivity index (χ1n) is 17.2. The van der Waals surface area contributed by atoms with Gasteiger partial charge in [-0.1, -0.05) is 52.3 Å². The molecule has 5 nitrogen and oxygen atoms in total. The van der Waals surface area contributed by atoms with Gasteiger partial charge in [-0.2, -0.15) is 0 Å². The van der Waals surface area contributed by atoms with Crippen LogP contribution in [0.3, 0.4) is 0 Å². The lowest BCUT2D eigenvalue weighted by molar-refractivity contribution is -0.229. The Morgan fingerprint density at radius 1 is 0.932 bits per heavy atom. The molecule has 9 atom stereocenters. The Kier molecular flexibility index (Phi) is 8.66. The molecule has 0 amide bonds. The second kappa shape index (κ2) is 11.5. The lowest BCUT2D eigenvalue weighted by Gasteiger charge is -2.70. The fourth-order valence-corrected chi connectivity index (χ4v) is 11.5. The van der Waals surface area contributed by atoms with Crippen LogP contribution in [0.25, 0.3) is 6.08 Å². The van der Waals surface area contributed by atoms with E-state index in [2.05, 4.69) is 61.5 Å². The van der Waals surface area contributed by atoms with E-state index in [4.69, 9.17) is 4.74 Å². The molecule has 4 aliphatic rings. The normalized spacial score (nSPS) is 39.1. The third kappa shape index (κ3) is 5.43. The summed E-state index contributed by atoms with van der Waals surface area (Å²) in [5.41, 5.74) is 1.86. The average molecular weight is 607 g/mol. The molecule has 4 fully saturated rings. The van der Waals surface area contributed by atoms with E-state index in [1.165, 1.54) is 49.5 Å². The summed E-state index contributed by atoms with van der Waals surface area (Å²) < 4.78 is 6.16. The third-order valence-corrected chi connectivity index (χ3v) is 14.0. The summed E-state index contributed by atoms with van der Waals surface area (Å²) in [5.74, 6) is 1.28. The summed E-state index contributed by atoms with van der Waals surface area (Å²) in [5, 5.41) is 31.1. The Balaban J connectivity index is 1.31. The first kappa shape index (κ1) is 33.1. The molecule has 1 aromatic rings. The predicted molar refractivity (Wildman–Crippen MR) is 177 cm³/mol. The summed E-state index contributed by atoms with van der Waals surface area (Å²) >= 11 is 0. The maximum Gasteiger partial charge on any atom is 0.331 e. The van der Waals surface area contributed by atoms with E-state index in [1.807, 2.05) is 0 Å². The van der Waals surface area contributed by atoms with Gasteiger partial charge >= 0.3 is 5.97 Å². The minimum atomic E-state index is -0.625. The second-order valence-electron chi connectivity index (χ2n) is 16.9. The maximum absolute atomic E-state index is 13.0. The Morgan fingerprint density at radius 2 is 1.64 bits per heavy atom. The molecule has 0 radical (unpaired) electrons. The molecule has 44 heavy (non-hydrogen) atoms. The van der Waals surface area contributed by atoms with Crippen LogP contribution in [-0.4, -0.2) is 33.0 Å². The number of fused-ring (bicyclic) bond motifs is 5. The summed E-state index contributed by atoms with van der Waals surface area (Å²) in [6.45, 7) is 18.8. The van der Waals surface area contributed by atoms with E-state index in [-0.39, 0.29) is 45.2 Å². The molecule has 5 unspecified atom stereocenters. The topological polar surface area (TPSA) is 87.0 Å². The van der Waals surface area contributed by atoms with Crippen LogP contribution in [-0.2, 0) is 9.53 Å². The fraction of sp³-hybridized carbons (Fsp3) is 0.718. The van der Waals surface area contributed by atoms with Gasteiger partial charge in [0.05, 0.1) is 5.60 Å². The molecule has 5 heteroatoms. The molecular formula is C39H58O5. The molecule has 0 bridgehead atoms. The van der Waals surface area contributed by atoms with Gasteiger partial charge in [0.15, 0.2) is 11.5 Å². The van der Waals surface area contributed by atoms with Gasteiger partial charge in [0, 0.05) is 11.5 Å². The molecular weight excluding hydrogens is 548 g/mol. The average Bonchev–Trinajstić information content (AvgIpc) is 3.30. The number of phenolic OH excluding ortho intramolecular Hbond substituents is 2. The van der Waals surface area contributed by atoms with Crippen molar-refractivity contribution in [3.05, 3.63) is 41.5 Å². The highest BCUT2D eigenvalue weighted by molar-refractivity contribution is 5.87. The number of hydrogen-bond donors (Lipinski definition) is 3. The fourth-order valence-electron chi connectivity index (χ4n) is 11.5. The van der Waals surface area contributed by atoms with Crippen molar-refractivity contribution < 1.29 is 24.9 Å². The Bertz CT molecular complexity index is 1300. The van der Waals surface area contributed by atoms with Crippen molar-refractivity contribution in [3.8, 4) is 11.5 Å². The number of ether oxygens (including phenoxy) is 1. The number of allylic oxidation sites excluding steroid dienone is 2. The van der Waals surface area contributed by atoms with Crippen LogP contribution in [0.4, 0.5) is 0 Å². The van der Waals surface area contributed by atoms with Crippen LogP contribution in [0.2, 0.25) is 0 Å². The zero-order valence-electron chi connectivity index (χ0n) is 28.6. The smallest absolute Gasteiger partial charge is 0.331 e. The van der Waals surface area contributed by atoms with Crippen molar-refractivity contribution in [1.82, 2.24) is 0 Å². The number of rotatable bonds is 7. The standard InChI is InChI=1S/C39H58O5/c1-25(2)10-9-20-39(8,43)28-17-22-37(6)27(28)13-15-32-36(5)21-19-33(35(3,4)31(36)18-23-38(32,37)7)44-34(42)16-12-26-11-14-29(40)30(41)24-26/h10-12,14,16,24,27-28,31-33,40-41,43H,9,13,15,17-23H2,1-8H3/t27?,28?,31?,32?,33-,36+,37-,38-,39?/m1/s1. The van der Waals surface area contributed by atoms with Crippen molar-refractivity contribution in [2.75, 3.05) is 0 Å². The zero-order chi connectivity index (χ0) is 32.3. The highest BCUT2D eigenvalue weighted by Gasteiger charge is 2.69. The van der Waals surface area contributed by atoms with Crippen LogP contribution >= 0.6 is 0 Å². The van der Waals surface area contributed by atoms with Gasteiger partial charge in [-0.25, -0.2) is 4.79 Å². The number of aliphatic hydroxyl groups is 1. The molecule has 0 aliphatic heterocycles. The van der Waals surface area contributed by atoms with E-state index in [0.29, 0.717) is 29.2 Å². The minimum Gasteiger partial charge on any atom is -0.504 e. The highest BCUT2D eigenvalue weighted by atomic mass is 16.5. The van der Waals surface area contributed by atoms with E-state index in [0.717, 1.165) is 38.5 Å². The van der Waals surface area contributed by atoms with E-state index < -0.39 is 5.60 Å². The third-order valence-electron chi connectivity index (χ3n) is 14.0. The van der Waals surface area contributed by atoms with Gasteiger partial charge < -0.3 is 20.1 Å². The van der Waals surface area contributed by atoms with Gasteiger partial charge in [0.1, 0.15) is 6.10 Å². The predicted octanol–water partition coefficient (Wildman–Crippen LogP) is 9.21. The van der Waals surface area contributed by atoms with Crippen LogP contribution in [0.15, 0.2) is 35.9 Å². The lowest BCUT2D eigenvalue weighted by atomic mass is 9.35. The quantitative estimate of drug-likeness (QED) is 0.125. The van der Waals surface area contributed by atoms with E-state index in [1.54, 1.807) is 12.1 Å². The molecule has 0 heterocycles. The largest absolute Gasteiger partial charge is 0.504 e. The number of carbonyl (C=O) groups is 1. The molecule has 1 aromatic carbocycles. The highest BCUT2D eigenvalue weighted by Crippen LogP contribution is 2.76. The van der Waals surface area contributed by atoms with Crippen molar-refractivity contribution in [3.63, 3.8) is 0 Å². The van der Waals surface area contributed by atoms with Crippen LogP contribution in [0, 0.1) is 45.3 Å². The molecule has 4 saturated carbocycles. The maximum atomic E-state index is 13.0. The first-order valence-corrected chi connectivity index (χ1v) is 17.2. The zero-order valence-corrected chi connectivity index (χ0v) is 28.6. The molecule has 3 N–H and O–H groups in total. The van der Waals surface area contributed by atoms with Gasteiger partial charge in [0.2, 0.25) is 0 Å². The van der Waals surface area contributed by atoms with Crippen molar-refractivity contribution in [1.29, 1.82) is 0 Å². The molecule has 0 spiro atoms. The van der Waals surface area contributed by atoms with Crippen molar-refractivity contribution in [2.24, 2.45) is 45.3 Å². The van der Waals surface area contributed by atoms with Gasteiger partial charge in [-0.15, -0.1) is 0 Å². The molecule has 0 aromatic heterocycles. The Hall–Kier alpha value is -2.27. The molecule has 0 saturated heterocycles. The number of aromatic hydroxyl groups is 2. The van der Waals surface area contributed by atoms with E-state index in [9.17, 15) is 20.1 Å². The number of phenols is 2. The SMILES string of the molecule is CC(C)=CCCC(C)(O)C1CC[C@]2(C)C1CCC1[C@@]3(C)CC[C@@H](OC(=O)C=Cc4ccc(O)c(O)c4)C(C)(C)C3CC[C@]12C. The van der Waals surface area contributed by atoms with Crippen LogP contribution < -0.4 is 0 Å². The lowest BCUT2D eigenvalue weighted by Crippen LogP contribution is -2.64. The minimum absolute atomic E-state index is 0.140. The van der Waals surface area contributed by atoms with Gasteiger partial charge in [0.25, 0.3) is 0 Å². The Labute approximate surface area is 266 Å². The summed E-state index contributed by atoms with van der Waals surface area (Å²) in [6, 6.07) is 4.50. The van der Waals surface area contributed by atoms with Gasteiger partial charge in [-0.05, 0) is 149 Å².